The molecule has 1 aromatic carbocycles. The van der Waals surface area contributed by atoms with E-state index in [4.69, 9.17) is 5.73 Å². The summed E-state index contributed by atoms with van der Waals surface area (Å²) in [7, 11) is 0. The number of hydrogen-bond donors (Lipinski definition) is 2. The van der Waals surface area contributed by atoms with Crippen LogP contribution in [0.5, 0.6) is 0 Å². The average molecular weight is 295 g/mol. The first-order valence-electron chi connectivity index (χ1n) is 6.63. The number of aromatic carboxylic acids is 1. The number of rotatable bonds is 3. The van der Waals surface area contributed by atoms with E-state index in [1.54, 1.807) is 35.0 Å². The summed E-state index contributed by atoms with van der Waals surface area (Å²) >= 11 is 0. The molecule has 0 aliphatic heterocycles. The van der Waals surface area contributed by atoms with Gasteiger partial charge in [0.05, 0.1) is 23.1 Å². The Hall–Kier alpha value is -3.15. The molecule has 0 atom stereocenters. The molecule has 0 radical (unpaired) electrons. The highest BCUT2D eigenvalue weighted by Gasteiger charge is 2.16. The predicted octanol–water partition coefficient (Wildman–Crippen LogP) is 1.73. The summed E-state index contributed by atoms with van der Waals surface area (Å²) in [5, 5.41) is 9.46. The van der Waals surface area contributed by atoms with Gasteiger partial charge < -0.3 is 15.4 Å². The molecule has 22 heavy (non-hydrogen) atoms. The van der Waals surface area contributed by atoms with Gasteiger partial charge in [0.1, 0.15) is 5.56 Å². The third-order valence-corrected chi connectivity index (χ3v) is 3.43. The molecular weight excluding hydrogens is 282 g/mol. The maximum atomic E-state index is 12.3. The maximum Gasteiger partial charge on any atom is 0.341 e. The Morgan fingerprint density at radius 2 is 2.05 bits per heavy atom. The van der Waals surface area contributed by atoms with Crippen LogP contribution in [0.1, 0.15) is 16.1 Å². The van der Waals surface area contributed by atoms with Crippen LogP contribution in [0.4, 0.5) is 5.69 Å². The van der Waals surface area contributed by atoms with E-state index in [0.29, 0.717) is 12.1 Å². The maximum absolute atomic E-state index is 12.3. The van der Waals surface area contributed by atoms with Gasteiger partial charge in [-0.25, -0.2) is 4.79 Å². The lowest BCUT2D eigenvalue weighted by Gasteiger charge is -2.13. The number of pyridine rings is 2. The van der Waals surface area contributed by atoms with Gasteiger partial charge in [-0.1, -0.05) is 12.1 Å². The van der Waals surface area contributed by atoms with Crippen LogP contribution < -0.4 is 11.2 Å². The normalized spacial score (nSPS) is 10.7. The monoisotopic (exact) mass is 295 g/mol. The topological polar surface area (TPSA) is 98.2 Å². The molecular formula is C16H13N3O3. The van der Waals surface area contributed by atoms with Crippen molar-refractivity contribution in [1.29, 1.82) is 0 Å². The first-order valence-corrected chi connectivity index (χ1v) is 6.63. The van der Waals surface area contributed by atoms with Gasteiger partial charge in [0.15, 0.2) is 0 Å². The van der Waals surface area contributed by atoms with E-state index in [2.05, 4.69) is 4.98 Å². The standard InChI is InChI=1S/C16H13N3O3/c17-12-5-3-6-13-14(12)15(20)11(16(21)22)9-19(13)8-10-4-1-2-7-18-10/h1-7,9H,8,17H2,(H,21,22). The molecule has 0 saturated carbocycles. The van der Waals surface area contributed by atoms with Gasteiger partial charge in [0, 0.05) is 18.1 Å². The van der Waals surface area contributed by atoms with Crippen LogP contribution >= 0.6 is 0 Å². The zero-order valence-corrected chi connectivity index (χ0v) is 11.6. The van der Waals surface area contributed by atoms with Gasteiger partial charge in [-0.3, -0.25) is 9.78 Å². The van der Waals surface area contributed by atoms with Crippen molar-refractivity contribution in [3.05, 3.63) is 70.3 Å². The smallest absolute Gasteiger partial charge is 0.341 e. The fourth-order valence-corrected chi connectivity index (χ4v) is 2.41. The van der Waals surface area contributed by atoms with Crippen LogP contribution in [-0.4, -0.2) is 20.6 Å². The highest BCUT2D eigenvalue weighted by atomic mass is 16.4. The number of aromatic nitrogens is 2. The quantitative estimate of drug-likeness (QED) is 0.717. The van der Waals surface area contributed by atoms with Gasteiger partial charge in [-0.15, -0.1) is 0 Å². The molecule has 0 bridgehead atoms. The summed E-state index contributed by atoms with van der Waals surface area (Å²) in [6, 6.07) is 10.5. The Labute approximate surface area is 125 Å². The van der Waals surface area contributed by atoms with Crippen LogP contribution in [-0.2, 0) is 6.54 Å². The molecule has 0 fully saturated rings. The van der Waals surface area contributed by atoms with E-state index in [1.165, 1.54) is 6.20 Å². The molecule has 2 heterocycles. The molecule has 0 amide bonds. The summed E-state index contributed by atoms with van der Waals surface area (Å²) in [5.41, 5.74) is 6.59. The fraction of sp³-hybridized carbons (Fsp3) is 0.0625. The van der Waals surface area contributed by atoms with E-state index >= 15 is 0 Å². The zero-order valence-electron chi connectivity index (χ0n) is 11.6. The number of nitrogen functional groups attached to an aromatic ring is 1. The van der Waals surface area contributed by atoms with Gasteiger partial charge in [0.25, 0.3) is 0 Å². The molecule has 0 spiro atoms. The number of carboxylic acids is 1. The number of hydrogen-bond acceptors (Lipinski definition) is 4. The molecule has 0 unspecified atom stereocenters. The van der Waals surface area contributed by atoms with E-state index in [0.717, 1.165) is 5.69 Å². The summed E-state index contributed by atoms with van der Waals surface area (Å²) < 4.78 is 1.68. The number of carboxylic acid groups (broad SMARTS) is 1. The molecule has 2 aromatic heterocycles. The Morgan fingerprint density at radius 3 is 2.73 bits per heavy atom. The van der Waals surface area contributed by atoms with Crippen LogP contribution in [0.15, 0.2) is 53.6 Å². The number of anilines is 1. The highest BCUT2D eigenvalue weighted by Crippen LogP contribution is 2.19. The Kier molecular flexibility index (Phi) is 3.34. The second-order valence-corrected chi connectivity index (χ2v) is 4.87. The van der Waals surface area contributed by atoms with Crippen molar-refractivity contribution in [2.75, 3.05) is 5.73 Å². The first kappa shape index (κ1) is 13.8. The number of nitrogens with two attached hydrogens (primary N) is 1. The van der Waals surface area contributed by atoms with Crippen LogP contribution in [0.3, 0.4) is 0 Å². The van der Waals surface area contributed by atoms with Crippen molar-refractivity contribution in [2.45, 2.75) is 6.54 Å². The molecule has 6 heteroatoms. The first-order chi connectivity index (χ1) is 10.6. The number of fused-ring (bicyclic) bond motifs is 1. The van der Waals surface area contributed by atoms with Crippen molar-refractivity contribution >= 4 is 22.6 Å². The van der Waals surface area contributed by atoms with E-state index in [9.17, 15) is 14.7 Å². The van der Waals surface area contributed by atoms with Gasteiger partial charge in [-0.2, -0.15) is 0 Å². The molecule has 0 aliphatic carbocycles. The lowest BCUT2D eigenvalue weighted by atomic mass is 10.1. The SMILES string of the molecule is Nc1cccc2c1c(=O)c(C(=O)O)cn2Cc1ccccn1. The summed E-state index contributed by atoms with van der Waals surface area (Å²) in [6.45, 7) is 0.349. The Morgan fingerprint density at radius 1 is 1.23 bits per heavy atom. The number of nitrogens with zero attached hydrogens (tertiary/aromatic N) is 2. The molecule has 6 nitrogen and oxygen atoms in total. The van der Waals surface area contributed by atoms with Crippen molar-refractivity contribution in [3.8, 4) is 0 Å². The molecule has 3 N–H and O–H groups in total. The lowest BCUT2D eigenvalue weighted by molar-refractivity contribution is 0.0695. The Balaban J connectivity index is 2.29. The van der Waals surface area contributed by atoms with E-state index in [1.807, 2.05) is 12.1 Å². The van der Waals surface area contributed by atoms with Crippen molar-refractivity contribution in [2.24, 2.45) is 0 Å². The average Bonchev–Trinajstić information content (AvgIpc) is 2.50. The third-order valence-electron chi connectivity index (χ3n) is 3.43. The number of benzene rings is 1. The van der Waals surface area contributed by atoms with Crippen molar-refractivity contribution < 1.29 is 9.90 Å². The fourth-order valence-electron chi connectivity index (χ4n) is 2.41. The summed E-state index contributed by atoms with van der Waals surface area (Å²) in [6.07, 6.45) is 2.99. The second-order valence-electron chi connectivity index (χ2n) is 4.87. The lowest BCUT2D eigenvalue weighted by Crippen LogP contribution is -2.20. The molecule has 0 saturated heterocycles. The number of carbonyl (C=O) groups is 1. The molecule has 3 aromatic rings. The highest BCUT2D eigenvalue weighted by molar-refractivity contribution is 5.97. The molecule has 0 aliphatic rings. The Bertz CT molecular complexity index is 917. The second kappa shape index (κ2) is 5.33. The predicted molar refractivity (Wildman–Crippen MR) is 82.9 cm³/mol. The third kappa shape index (κ3) is 2.31. The minimum Gasteiger partial charge on any atom is -0.477 e. The minimum absolute atomic E-state index is 0.221. The van der Waals surface area contributed by atoms with Crippen molar-refractivity contribution in [3.63, 3.8) is 0 Å². The van der Waals surface area contributed by atoms with E-state index in [-0.39, 0.29) is 16.6 Å². The van der Waals surface area contributed by atoms with Gasteiger partial charge in [-0.05, 0) is 24.3 Å². The van der Waals surface area contributed by atoms with Crippen molar-refractivity contribution in [1.82, 2.24) is 9.55 Å². The minimum atomic E-state index is -1.27. The van der Waals surface area contributed by atoms with Crippen LogP contribution in [0.25, 0.3) is 10.9 Å². The van der Waals surface area contributed by atoms with Crippen LogP contribution in [0, 0.1) is 0 Å². The van der Waals surface area contributed by atoms with Crippen LogP contribution in [0.2, 0.25) is 0 Å². The summed E-state index contributed by atoms with van der Waals surface area (Å²) in [4.78, 5) is 27.8. The van der Waals surface area contributed by atoms with Gasteiger partial charge >= 0.3 is 5.97 Å². The van der Waals surface area contributed by atoms with E-state index < -0.39 is 11.4 Å². The zero-order chi connectivity index (χ0) is 15.7. The van der Waals surface area contributed by atoms with Gasteiger partial charge in [0.2, 0.25) is 5.43 Å². The largest absolute Gasteiger partial charge is 0.477 e. The summed E-state index contributed by atoms with van der Waals surface area (Å²) in [5.74, 6) is -1.27. The molecule has 3 rings (SSSR count). The molecule has 110 valence electrons.